The number of rotatable bonds is 11. The van der Waals surface area contributed by atoms with Gasteiger partial charge >= 0.3 is 12.1 Å². The van der Waals surface area contributed by atoms with Crippen molar-refractivity contribution in [3.05, 3.63) is 34.6 Å². The second kappa shape index (κ2) is 14.1. The third-order valence-corrected chi connectivity index (χ3v) is 7.76. The third kappa shape index (κ3) is 8.17. The number of carboxylic acid groups (broad SMARTS) is 1. The highest BCUT2D eigenvalue weighted by atomic mass is 35.5. The van der Waals surface area contributed by atoms with Gasteiger partial charge in [-0.2, -0.15) is 0 Å². The molecule has 11 heteroatoms. The summed E-state index contributed by atoms with van der Waals surface area (Å²) in [5, 5.41) is 29.3. The molecule has 0 saturated carbocycles. The third-order valence-electron chi connectivity index (χ3n) is 7.46. The first-order chi connectivity index (χ1) is 17.7. The Morgan fingerprint density at radius 1 is 1.32 bits per heavy atom. The quantitative estimate of drug-likeness (QED) is 0.273. The first-order valence-electron chi connectivity index (χ1n) is 13.2. The van der Waals surface area contributed by atoms with Gasteiger partial charge in [0.2, 0.25) is 0 Å². The highest BCUT2D eigenvalue weighted by Gasteiger charge is 2.43. The second-order valence-electron chi connectivity index (χ2n) is 10.2. The molecule has 2 aliphatic rings. The number of amides is 3. The highest BCUT2D eigenvalue weighted by Crippen LogP contribution is 2.41. The molecular formula is C26H40ClFN4O5. The number of ether oxygens (including phenoxy) is 1. The monoisotopic (exact) mass is 542 g/mol. The molecule has 2 aliphatic heterocycles. The molecule has 3 rings (SSSR count). The Morgan fingerprint density at radius 3 is 2.84 bits per heavy atom. The molecule has 0 bridgehead atoms. The van der Waals surface area contributed by atoms with Gasteiger partial charge in [0, 0.05) is 56.9 Å². The van der Waals surface area contributed by atoms with Crippen molar-refractivity contribution in [3.63, 3.8) is 0 Å². The molecule has 4 atom stereocenters. The van der Waals surface area contributed by atoms with Crippen LogP contribution in [0.3, 0.4) is 0 Å². The number of halogens is 2. The fourth-order valence-corrected chi connectivity index (χ4v) is 5.78. The van der Waals surface area contributed by atoms with E-state index in [1.807, 2.05) is 7.05 Å². The van der Waals surface area contributed by atoms with Crippen molar-refractivity contribution in [2.24, 2.45) is 11.8 Å². The van der Waals surface area contributed by atoms with Gasteiger partial charge < -0.3 is 35.8 Å². The number of aliphatic hydroxyl groups is 1. The van der Waals surface area contributed by atoms with Gasteiger partial charge in [-0.25, -0.2) is 14.0 Å². The van der Waals surface area contributed by atoms with E-state index in [2.05, 4.69) is 16.0 Å². The van der Waals surface area contributed by atoms with Crippen molar-refractivity contribution in [1.82, 2.24) is 20.9 Å². The predicted molar refractivity (Wildman–Crippen MR) is 139 cm³/mol. The van der Waals surface area contributed by atoms with Crippen LogP contribution in [-0.4, -0.2) is 79.7 Å². The van der Waals surface area contributed by atoms with Crippen LogP contribution in [0, 0.1) is 17.7 Å². The van der Waals surface area contributed by atoms with E-state index in [0.29, 0.717) is 44.9 Å². The molecule has 208 valence electrons. The van der Waals surface area contributed by atoms with E-state index < -0.39 is 23.4 Å². The minimum atomic E-state index is -1.61. The summed E-state index contributed by atoms with van der Waals surface area (Å²) in [4.78, 5) is 25.8. The average Bonchev–Trinajstić information content (AvgIpc) is 2.89. The number of carbonyl (C=O) groups is 2. The zero-order valence-corrected chi connectivity index (χ0v) is 22.2. The average molecular weight is 543 g/mol. The molecule has 37 heavy (non-hydrogen) atoms. The van der Waals surface area contributed by atoms with Gasteiger partial charge in [-0.3, -0.25) is 0 Å². The maximum atomic E-state index is 15.1. The molecule has 1 unspecified atom stereocenters. The lowest BCUT2D eigenvalue weighted by molar-refractivity contribution is -0.0576. The summed E-state index contributed by atoms with van der Waals surface area (Å²) in [6.45, 7) is 3.03. The fourth-order valence-electron chi connectivity index (χ4n) is 5.60. The van der Waals surface area contributed by atoms with Crippen LogP contribution in [0.2, 0.25) is 5.02 Å². The Hall–Kier alpha value is -2.14. The van der Waals surface area contributed by atoms with Crippen LogP contribution in [0.4, 0.5) is 14.0 Å². The number of benzene rings is 1. The molecule has 2 heterocycles. The molecule has 3 amide bonds. The van der Waals surface area contributed by atoms with Crippen molar-refractivity contribution < 1.29 is 28.9 Å². The molecule has 2 fully saturated rings. The lowest BCUT2D eigenvalue weighted by atomic mass is 9.74. The maximum absolute atomic E-state index is 15.1. The number of nitrogens with one attached hydrogen (secondary N) is 3. The maximum Gasteiger partial charge on any atom is 0.404 e. The molecule has 0 aromatic heterocycles. The summed E-state index contributed by atoms with van der Waals surface area (Å²) in [6.07, 6.45) is 3.43. The van der Waals surface area contributed by atoms with E-state index in [1.54, 1.807) is 11.0 Å². The van der Waals surface area contributed by atoms with Crippen molar-refractivity contribution in [1.29, 1.82) is 0 Å². The van der Waals surface area contributed by atoms with E-state index >= 15 is 4.39 Å². The second-order valence-corrected chi connectivity index (χ2v) is 10.6. The van der Waals surface area contributed by atoms with Gasteiger partial charge in [0.25, 0.3) is 0 Å². The molecule has 1 aromatic rings. The number of nitrogens with zero attached hydrogens (tertiary/aromatic N) is 1. The van der Waals surface area contributed by atoms with Gasteiger partial charge in [0.15, 0.2) is 0 Å². The van der Waals surface area contributed by atoms with Gasteiger partial charge in [-0.05, 0) is 64.0 Å². The molecule has 0 spiro atoms. The molecular weight excluding hydrogens is 503 g/mol. The van der Waals surface area contributed by atoms with E-state index in [0.717, 1.165) is 25.9 Å². The molecule has 9 nitrogen and oxygen atoms in total. The molecule has 1 aromatic carbocycles. The molecule has 0 radical (unpaired) electrons. The number of likely N-dealkylation sites (tertiary alicyclic amines) is 1. The summed E-state index contributed by atoms with van der Waals surface area (Å²) < 4.78 is 20.7. The Kier molecular flexibility index (Phi) is 11.2. The van der Waals surface area contributed by atoms with Gasteiger partial charge in [0.1, 0.15) is 5.82 Å². The first-order valence-corrected chi connectivity index (χ1v) is 13.5. The standard InChI is InChI=1S/C26H40ClFN4O5/c1-29-15-20(14-18-6-4-13-37-17-18)31-24(33)32-12-3-7-19(16-32)26(36,10-5-11-30-25(34)35)21-8-2-9-22(27)23(21)28/h2,8-9,18-20,29-30,36H,3-7,10-17H2,1H3,(H,31,33)(H,34,35)/t18?,19-,20+,26+/m1/s1. The first kappa shape index (κ1) is 29.4. The Labute approximate surface area is 223 Å². The SMILES string of the molecule is CNC[C@H](CC1CCCOC1)NC(=O)N1CCC[C@@H]([C@@](O)(CCCNC(=O)O)c2cccc(Cl)c2F)C1. The molecule has 5 N–H and O–H groups in total. The smallest absolute Gasteiger partial charge is 0.404 e. The predicted octanol–water partition coefficient (Wildman–Crippen LogP) is 3.54. The zero-order chi connectivity index (χ0) is 26.8. The van der Waals surface area contributed by atoms with E-state index in [9.17, 15) is 14.7 Å². The van der Waals surface area contributed by atoms with Crippen LogP contribution >= 0.6 is 11.6 Å². The van der Waals surface area contributed by atoms with Gasteiger partial charge in [-0.15, -0.1) is 0 Å². The Morgan fingerprint density at radius 2 is 2.14 bits per heavy atom. The van der Waals surface area contributed by atoms with Crippen molar-refractivity contribution in [2.75, 3.05) is 46.4 Å². The highest BCUT2D eigenvalue weighted by molar-refractivity contribution is 6.30. The van der Waals surface area contributed by atoms with Gasteiger partial charge in [-0.1, -0.05) is 23.7 Å². The van der Waals surface area contributed by atoms with Crippen LogP contribution in [0.1, 0.15) is 50.5 Å². The van der Waals surface area contributed by atoms with Crippen LogP contribution in [-0.2, 0) is 10.3 Å². The number of piperidine rings is 1. The lowest BCUT2D eigenvalue weighted by Crippen LogP contribution is -2.54. The minimum absolute atomic E-state index is 0.0593. The molecule has 2 saturated heterocycles. The fraction of sp³-hybridized carbons (Fsp3) is 0.692. The normalized spacial score (nSPS) is 22.6. The van der Waals surface area contributed by atoms with Crippen LogP contribution in [0.25, 0.3) is 0 Å². The van der Waals surface area contributed by atoms with Crippen molar-refractivity contribution in [2.45, 2.75) is 56.6 Å². The van der Waals surface area contributed by atoms with Crippen LogP contribution in [0.5, 0.6) is 0 Å². The van der Waals surface area contributed by atoms with Gasteiger partial charge in [0.05, 0.1) is 10.6 Å². The Balaban J connectivity index is 1.72. The van der Waals surface area contributed by atoms with Crippen LogP contribution in [0.15, 0.2) is 18.2 Å². The summed E-state index contributed by atoms with van der Waals surface area (Å²) in [5.74, 6) is -0.737. The number of urea groups is 1. The van der Waals surface area contributed by atoms with Crippen molar-refractivity contribution in [3.8, 4) is 0 Å². The topological polar surface area (TPSA) is 123 Å². The van der Waals surface area contributed by atoms with Crippen molar-refractivity contribution >= 4 is 23.7 Å². The van der Waals surface area contributed by atoms with E-state index in [-0.39, 0.29) is 42.2 Å². The number of hydrogen-bond acceptors (Lipinski definition) is 5. The lowest BCUT2D eigenvalue weighted by Gasteiger charge is -2.43. The summed E-state index contributed by atoms with van der Waals surface area (Å²) in [7, 11) is 1.85. The minimum Gasteiger partial charge on any atom is -0.465 e. The Bertz CT molecular complexity index is 904. The largest absolute Gasteiger partial charge is 0.465 e. The van der Waals surface area contributed by atoms with E-state index in [4.69, 9.17) is 21.4 Å². The van der Waals surface area contributed by atoms with E-state index in [1.165, 1.54) is 12.1 Å². The zero-order valence-electron chi connectivity index (χ0n) is 21.5. The number of hydrogen-bond donors (Lipinski definition) is 5. The summed E-state index contributed by atoms with van der Waals surface area (Å²) in [5.41, 5.74) is -1.54. The summed E-state index contributed by atoms with van der Waals surface area (Å²) >= 11 is 6.04. The molecule has 0 aliphatic carbocycles. The summed E-state index contributed by atoms with van der Waals surface area (Å²) in [6, 6.07) is 4.26. The van der Waals surface area contributed by atoms with Crippen LogP contribution < -0.4 is 16.0 Å². The number of carbonyl (C=O) groups excluding carboxylic acids is 1. The number of likely N-dealkylation sites (N-methyl/N-ethyl adjacent to an activating group) is 1.